The number of nitrogens with two attached hydrogens (primary N) is 1. The number of carbonyl (C=O) groups is 2. The molecular formula is C10H12N2O3. The van der Waals surface area contributed by atoms with Gasteiger partial charge in [-0.3, -0.25) is 4.79 Å². The Balaban J connectivity index is 2.64. The van der Waals surface area contributed by atoms with Crippen molar-refractivity contribution < 1.29 is 14.3 Å². The van der Waals surface area contributed by atoms with Crippen LogP contribution in [0.1, 0.15) is 5.56 Å². The average Bonchev–Trinajstić information content (AvgIpc) is 2.20. The molecule has 1 aromatic rings. The van der Waals surface area contributed by atoms with Crippen LogP contribution in [0.3, 0.4) is 0 Å². The molecule has 0 radical (unpaired) electrons. The summed E-state index contributed by atoms with van der Waals surface area (Å²) in [5, 5.41) is 2.33. The second-order valence-corrected chi connectivity index (χ2v) is 2.93. The van der Waals surface area contributed by atoms with Gasteiger partial charge in [0.05, 0.1) is 6.42 Å². The summed E-state index contributed by atoms with van der Waals surface area (Å²) in [7, 11) is 1.48. The van der Waals surface area contributed by atoms with E-state index in [0.29, 0.717) is 5.75 Å². The van der Waals surface area contributed by atoms with Crippen molar-refractivity contribution >= 4 is 12.0 Å². The first-order chi connectivity index (χ1) is 7.11. The number of benzene rings is 1. The summed E-state index contributed by atoms with van der Waals surface area (Å²) in [5.41, 5.74) is 5.81. The van der Waals surface area contributed by atoms with Crippen molar-refractivity contribution in [2.45, 2.75) is 6.42 Å². The Hall–Kier alpha value is -2.04. The molecule has 2 amide bonds. The van der Waals surface area contributed by atoms with Gasteiger partial charge in [0.25, 0.3) is 0 Å². The second kappa shape index (κ2) is 4.99. The first kappa shape index (κ1) is 11.0. The highest BCUT2D eigenvalue weighted by molar-refractivity contribution is 5.76. The summed E-state index contributed by atoms with van der Waals surface area (Å²) in [4.78, 5) is 21.4. The first-order valence-corrected chi connectivity index (χ1v) is 4.38. The van der Waals surface area contributed by atoms with Crippen molar-refractivity contribution in [1.82, 2.24) is 5.32 Å². The maximum absolute atomic E-state index is 10.8. The lowest BCUT2D eigenvalue weighted by Crippen LogP contribution is -2.22. The second-order valence-electron chi connectivity index (χ2n) is 2.93. The van der Waals surface area contributed by atoms with E-state index >= 15 is 0 Å². The maximum atomic E-state index is 10.8. The van der Waals surface area contributed by atoms with Gasteiger partial charge in [-0.1, -0.05) is 12.1 Å². The first-order valence-electron chi connectivity index (χ1n) is 4.38. The lowest BCUT2D eigenvalue weighted by molar-refractivity contribution is -0.117. The van der Waals surface area contributed by atoms with Crippen LogP contribution in [0.4, 0.5) is 4.79 Å². The van der Waals surface area contributed by atoms with Gasteiger partial charge in [-0.05, 0) is 17.7 Å². The average molecular weight is 208 g/mol. The van der Waals surface area contributed by atoms with Crippen LogP contribution in [0, 0.1) is 0 Å². The van der Waals surface area contributed by atoms with Crippen LogP contribution in [0.25, 0.3) is 0 Å². The number of hydrogen-bond acceptors (Lipinski definition) is 3. The Morgan fingerprint density at radius 1 is 1.33 bits per heavy atom. The lowest BCUT2D eigenvalue weighted by Gasteiger charge is -2.03. The molecule has 0 aliphatic heterocycles. The minimum atomic E-state index is -0.530. The topological polar surface area (TPSA) is 81.4 Å². The molecule has 0 spiro atoms. The molecule has 0 bridgehead atoms. The Morgan fingerprint density at radius 2 is 1.93 bits per heavy atom. The van der Waals surface area contributed by atoms with Gasteiger partial charge in [0, 0.05) is 7.05 Å². The highest BCUT2D eigenvalue weighted by atomic mass is 16.5. The fourth-order valence-corrected chi connectivity index (χ4v) is 1.03. The molecule has 0 unspecified atom stereocenters. The number of hydrogen-bond donors (Lipinski definition) is 2. The minimum Gasteiger partial charge on any atom is -0.410 e. The minimum absolute atomic E-state index is 0.181. The molecule has 0 heterocycles. The van der Waals surface area contributed by atoms with Crippen LogP contribution in [0.5, 0.6) is 5.75 Å². The van der Waals surface area contributed by atoms with E-state index in [1.165, 1.54) is 7.05 Å². The molecule has 1 rings (SSSR count). The van der Waals surface area contributed by atoms with Crippen LogP contribution in [-0.2, 0) is 11.2 Å². The summed E-state index contributed by atoms with van der Waals surface area (Å²) in [6.45, 7) is 0. The third-order valence-corrected chi connectivity index (χ3v) is 1.72. The molecule has 0 aliphatic rings. The summed E-state index contributed by atoms with van der Waals surface area (Å²) in [6.07, 6.45) is -0.349. The number of rotatable bonds is 3. The van der Waals surface area contributed by atoms with E-state index in [9.17, 15) is 9.59 Å². The van der Waals surface area contributed by atoms with Gasteiger partial charge >= 0.3 is 6.09 Å². The maximum Gasteiger partial charge on any atom is 0.412 e. The van der Waals surface area contributed by atoms with Crippen LogP contribution >= 0.6 is 0 Å². The molecule has 0 saturated carbocycles. The fourth-order valence-electron chi connectivity index (χ4n) is 1.03. The Morgan fingerprint density at radius 3 is 2.40 bits per heavy atom. The predicted molar refractivity (Wildman–Crippen MR) is 54.4 cm³/mol. The smallest absolute Gasteiger partial charge is 0.410 e. The highest BCUT2D eigenvalue weighted by Gasteiger charge is 2.02. The standard InChI is InChI=1S/C10H12N2O3/c1-12-10(14)15-8-4-2-7(3-5-8)6-9(11)13/h2-5H,6H2,1H3,(H2,11,13)(H,12,14). The van der Waals surface area contributed by atoms with Crippen LogP contribution in [0.2, 0.25) is 0 Å². The Kier molecular flexibility index (Phi) is 3.68. The zero-order valence-corrected chi connectivity index (χ0v) is 8.32. The summed E-state index contributed by atoms with van der Waals surface area (Å²) < 4.78 is 4.86. The number of carbonyl (C=O) groups excluding carboxylic acids is 2. The zero-order chi connectivity index (χ0) is 11.3. The fraction of sp³-hybridized carbons (Fsp3) is 0.200. The van der Waals surface area contributed by atoms with Gasteiger partial charge in [-0.2, -0.15) is 0 Å². The van der Waals surface area contributed by atoms with Crippen molar-refractivity contribution in [3.63, 3.8) is 0 Å². The SMILES string of the molecule is CNC(=O)Oc1ccc(CC(N)=O)cc1. The van der Waals surface area contributed by atoms with Crippen LogP contribution in [0.15, 0.2) is 24.3 Å². The summed E-state index contributed by atoms with van der Waals surface area (Å²) >= 11 is 0. The third-order valence-electron chi connectivity index (χ3n) is 1.72. The summed E-state index contributed by atoms with van der Waals surface area (Å²) in [5.74, 6) is 0.0255. The molecule has 0 aromatic heterocycles. The van der Waals surface area contributed by atoms with Crippen molar-refractivity contribution in [3.05, 3.63) is 29.8 Å². The van der Waals surface area contributed by atoms with Gasteiger partial charge in [-0.15, -0.1) is 0 Å². The molecule has 80 valence electrons. The van der Waals surface area contributed by atoms with E-state index in [0.717, 1.165) is 5.56 Å². The van der Waals surface area contributed by atoms with Crippen LogP contribution < -0.4 is 15.8 Å². The van der Waals surface area contributed by atoms with Gasteiger partial charge in [0.2, 0.25) is 5.91 Å². The van der Waals surface area contributed by atoms with Crippen molar-refractivity contribution in [2.75, 3.05) is 7.05 Å². The molecule has 5 nitrogen and oxygen atoms in total. The van der Waals surface area contributed by atoms with Gasteiger partial charge in [-0.25, -0.2) is 4.79 Å². The van der Waals surface area contributed by atoms with Crippen LogP contribution in [-0.4, -0.2) is 19.0 Å². The van der Waals surface area contributed by atoms with E-state index in [1.807, 2.05) is 0 Å². The molecule has 15 heavy (non-hydrogen) atoms. The van der Waals surface area contributed by atoms with Crippen molar-refractivity contribution in [2.24, 2.45) is 5.73 Å². The molecule has 5 heteroatoms. The normalized spacial score (nSPS) is 9.40. The predicted octanol–water partition coefficient (Wildman–Crippen LogP) is 0.433. The molecule has 3 N–H and O–H groups in total. The van der Waals surface area contributed by atoms with Crippen molar-refractivity contribution in [1.29, 1.82) is 0 Å². The van der Waals surface area contributed by atoms with E-state index < -0.39 is 12.0 Å². The molecular weight excluding hydrogens is 196 g/mol. The largest absolute Gasteiger partial charge is 0.412 e. The lowest BCUT2D eigenvalue weighted by atomic mass is 10.1. The van der Waals surface area contributed by atoms with E-state index in [2.05, 4.69) is 5.32 Å². The molecule has 0 fully saturated rings. The van der Waals surface area contributed by atoms with Gasteiger partial charge < -0.3 is 15.8 Å². The van der Waals surface area contributed by atoms with E-state index in [4.69, 9.17) is 10.5 Å². The molecule has 0 saturated heterocycles. The third kappa shape index (κ3) is 3.68. The van der Waals surface area contributed by atoms with Gasteiger partial charge in [0.15, 0.2) is 0 Å². The molecule has 0 atom stereocenters. The number of amides is 2. The Bertz CT molecular complexity index is 359. The van der Waals surface area contributed by atoms with E-state index in [1.54, 1.807) is 24.3 Å². The van der Waals surface area contributed by atoms with Gasteiger partial charge in [0.1, 0.15) is 5.75 Å². The highest BCUT2D eigenvalue weighted by Crippen LogP contribution is 2.12. The van der Waals surface area contributed by atoms with E-state index in [-0.39, 0.29) is 6.42 Å². The van der Waals surface area contributed by atoms with Crippen molar-refractivity contribution in [3.8, 4) is 5.75 Å². The monoisotopic (exact) mass is 208 g/mol. The summed E-state index contributed by atoms with van der Waals surface area (Å²) in [6, 6.07) is 6.58. The quantitative estimate of drug-likeness (QED) is 0.755. The molecule has 1 aromatic carbocycles. The number of primary amides is 1. The number of ether oxygens (including phenoxy) is 1. The Labute approximate surface area is 87.2 Å². The zero-order valence-electron chi connectivity index (χ0n) is 8.32. The molecule has 0 aliphatic carbocycles. The number of nitrogens with one attached hydrogen (secondary N) is 1.